The van der Waals surface area contributed by atoms with Crippen LogP contribution in [0.25, 0.3) is 10.4 Å². The fourth-order valence-electron chi connectivity index (χ4n) is 1.87. The maximum atomic E-state index is 11.4. The number of nitrogens with two attached hydrogens (primary N) is 1. The molecule has 1 aromatic heterocycles. The van der Waals surface area contributed by atoms with Crippen LogP contribution in [0.15, 0.2) is 21.0 Å². The molecule has 1 heterocycles. The molecule has 0 aliphatic carbocycles. The predicted molar refractivity (Wildman–Crippen MR) is 72.3 cm³/mol. The number of nitrogen functional groups attached to an aromatic ring is 1. The fourth-order valence-corrected chi connectivity index (χ4v) is 2.87. The molecular formula is C13H15CoNO2S. The molecule has 2 N–H and O–H groups in total. The zero-order valence-corrected chi connectivity index (χ0v) is 12.0. The average molecular weight is 308 g/mol. The Labute approximate surface area is 120 Å². The van der Waals surface area contributed by atoms with Crippen molar-refractivity contribution in [1.82, 2.24) is 0 Å². The third kappa shape index (κ3) is 2.73. The third-order valence-electron chi connectivity index (χ3n) is 2.92. The van der Waals surface area contributed by atoms with Crippen LogP contribution in [0.5, 0.6) is 0 Å². The van der Waals surface area contributed by atoms with Crippen LogP contribution in [-0.2, 0) is 23.2 Å². The summed E-state index contributed by atoms with van der Waals surface area (Å²) in [5.41, 5.74) is 6.32. The van der Waals surface area contributed by atoms with E-state index in [1.165, 1.54) is 29.7 Å². The van der Waals surface area contributed by atoms with Crippen molar-refractivity contribution in [2.75, 3.05) is 5.73 Å². The Balaban J connectivity index is 0.00000162. The van der Waals surface area contributed by atoms with E-state index in [1.807, 2.05) is 11.4 Å². The number of thiophene rings is 1. The van der Waals surface area contributed by atoms with Crippen LogP contribution >= 0.6 is 11.3 Å². The van der Waals surface area contributed by atoms with Crippen LogP contribution in [0.3, 0.4) is 0 Å². The van der Waals surface area contributed by atoms with Crippen molar-refractivity contribution < 1.29 is 16.8 Å². The number of unbranched alkanes of at least 4 members (excludes halogenated alkanes) is 2. The van der Waals surface area contributed by atoms with Gasteiger partial charge in [-0.1, -0.05) is 19.8 Å². The largest absolute Gasteiger partial charge is 0.395 e. The SMILES string of the molecule is CCCCCc1csc(-c2c(N)c(=O)c2=O)c1.[Co]. The topological polar surface area (TPSA) is 60.2 Å². The van der Waals surface area contributed by atoms with E-state index in [0.717, 1.165) is 17.7 Å². The number of hydrogen-bond donors (Lipinski definition) is 1. The molecule has 0 saturated carbocycles. The molecule has 5 heteroatoms. The zero-order chi connectivity index (χ0) is 12.4. The number of aryl methyl sites for hydroxylation is 1. The van der Waals surface area contributed by atoms with Gasteiger partial charge >= 0.3 is 0 Å². The second-order valence-corrected chi connectivity index (χ2v) is 5.13. The second-order valence-electron chi connectivity index (χ2n) is 4.22. The molecule has 0 amide bonds. The zero-order valence-electron chi connectivity index (χ0n) is 10.1. The first-order valence-electron chi connectivity index (χ1n) is 5.81. The molecule has 18 heavy (non-hydrogen) atoms. The fraction of sp³-hybridized carbons (Fsp3) is 0.385. The van der Waals surface area contributed by atoms with E-state index in [1.54, 1.807) is 0 Å². The van der Waals surface area contributed by atoms with Crippen LogP contribution in [0.1, 0.15) is 31.7 Å². The summed E-state index contributed by atoms with van der Waals surface area (Å²) in [6, 6.07) is 1.98. The van der Waals surface area contributed by atoms with Gasteiger partial charge in [0.15, 0.2) is 0 Å². The van der Waals surface area contributed by atoms with Gasteiger partial charge in [0.05, 0.1) is 11.3 Å². The van der Waals surface area contributed by atoms with E-state index >= 15 is 0 Å². The van der Waals surface area contributed by atoms with Gasteiger partial charge in [-0.25, -0.2) is 0 Å². The molecule has 0 aliphatic rings. The molecular weight excluding hydrogens is 293 g/mol. The number of hydrogen-bond acceptors (Lipinski definition) is 4. The first-order chi connectivity index (χ1) is 8.15. The van der Waals surface area contributed by atoms with Crippen LogP contribution in [0, 0.1) is 0 Å². The molecule has 1 aromatic carbocycles. The first-order valence-corrected chi connectivity index (χ1v) is 6.69. The minimum Gasteiger partial charge on any atom is -0.395 e. The Morgan fingerprint density at radius 1 is 1.22 bits per heavy atom. The third-order valence-corrected chi connectivity index (χ3v) is 3.91. The molecule has 2 rings (SSSR count). The summed E-state index contributed by atoms with van der Waals surface area (Å²) in [5, 5.41) is 2.04. The summed E-state index contributed by atoms with van der Waals surface area (Å²) in [5.74, 6) is 0. The maximum absolute atomic E-state index is 11.4. The minimum atomic E-state index is -0.541. The molecule has 0 bridgehead atoms. The monoisotopic (exact) mass is 308 g/mol. The van der Waals surface area contributed by atoms with E-state index in [2.05, 4.69) is 6.92 Å². The Morgan fingerprint density at radius 2 is 1.94 bits per heavy atom. The van der Waals surface area contributed by atoms with Gasteiger partial charge in [-0.2, -0.15) is 0 Å². The van der Waals surface area contributed by atoms with Crippen LogP contribution in [0.2, 0.25) is 0 Å². The minimum absolute atomic E-state index is 0. The van der Waals surface area contributed by atoms with Gasteiger partial charge < -0.3 is 5.73 Å². The standard InChI is InChI=1S/C13H15NO2S.Co/c1-2-3-4-5-8-6-9(17-7-8)10-11(14)13(16)12(10)15;/h6-7H,2-5,14H2,1H3;. The van der Waals surface area contributed by atoms with E-state index in [0.29, 0.717) is 5.56 Å². The normalized spacial score (nSPS) is 10.5. The maximum Gasteiger partial charge on any atom is 0.250 e. The summed E-state index contributed by atoms with van der Waals surface area (Å²) in [7, 11) is 0. The molecule has 0 aliphatic heterocycles. The predicted octanol–water partition coefficient (Wildman–Crippen LogP) is 2.32. The van der Waals surface area contributed by atoms with Gasteiger partial charge in [0, 0.05) is 21.7 Å². The van der Waals surface area contributed by atoms with Gasteiger partial charge in [-0.3, -0.25) is 9.59 Å². The van der Waals surface area contributed by atoms with Gasteiger partial charge in [0.25, 0.3) is 0 Å². The van der Waals surface area contributed by atoms with Crippen molar-refractivity contribution >= 4 is 17.0 Å². The second kappa shape index (κ2) is 6.31. The molecule has 0 fully saturated rings. The van der Waals surface area contributed by atoms with Crippen molar-refractivity contribution in [2.24, 2.45) is 0 Å². The summed E-state index contributed by atoms with van der Waals surface area (Å²) in [6.07, 6.45) is 4.60. The molecule has 0 unspecified atom stereocenters. The molecule has 0 saturated heterocycles. The van der Waals surface area contributed by atoms with Gasteiger partial charge in [0.1, 0.15) is 0 Å². The Hall–Kier alpha value is -0.914. The van der Waals surface area contributed by atoms with Gasteiger partial charge in [-0.15, -0.1) is 11.3 Å². The molecule has 3 nitrogen and oxygen atoms in total. The van der Waals surface area contributed by atoms with Crippen molar-refractivity contribution in [3.05, 3.63) is 37.5 Å². The quantitative estimate of drug-likeness (QED) is 0.681. The number of anilines is 1. The summed E-state index contributed by atoms with van der Waals surface area (Å²) in [6.45, 7) is 2.17. The van der Waals surface area contributed by atoms with Crippen LogP contribution < -0.4 is 16.6 Å². The van der Waals surface area contributed by atoms with Crippen molar-refractivity contribution in [3.8, 4) is 10.4 Å². The molecule has 0 spiro atoms. The van der Waals surface area contributed by atoms with E-state index < -0.39 is 10.9 Å². The summed E-state index contributed by atoms with van der Waals surface area (Å²) < 4.78 is 0. The average Bonchev–Trinajstić information content (AvgIpc) is 2.77. The van der Waals surface area contributed by atoms with Gasteiger partial charge in [0.2, 0.25) is 10.9 Å². The van der Waals surface area contributed by atoms with E-state index in [9.17, 15) is 9.59 Å². The molecule has 1 radical (unpaired) electrons. The molecule has 99 valence electrons. The molecule has 0 atom stereocenters. The Bertz CT molecular complexity index is 596. The first kappa shape index (κ1) is 15.1. The number of rotatable bonds is 5. The van der Waals surface area contributed by atoms with Crippen LogP contribution in [-0.4, -0.2) is 0 Å². The smallest absolute Gasteiger partial charge is 0.250 e. The van der Waals surface area contributed by atoms with E-state index in [4.69, 9.17) is 5.73 Å². The summed E-state index contributed by atoms with van der Waals surface area (Å²) in [4.78, 5) is 23.2. The van der Waals surface area contributed by atoms with Crippen molar-refractivity contribution in [1.29, 1.82) is 0 Å². The molecule has 2 aromatic rings. The van der Waals surface area contributed by atoms with E-state index in [-0.39, 0.29) is 22.5 Å². The van der Waals surface area contributed by atoms with Crippen molar-refractivity contribution in [3.63, 3.8) is 0 Å². The summed E-state index contributed by atoms with van der Waals surface area (Å²) >= 11 is 1.49. The Morgan fingerprint density at radius 3 is 2.56 bits per heavy atom. The Kier molecular flexibility index (Phi) is 5.31. The van der Waals surface area contributed by atoms with Gasteiger partial charge in [-0.05, 0) is 29.9 Å². The van der Waals surface area contributed by atoms with Crippen molar-refractivity contribution in [2.45, 2.75) is 32.6 Å². The van der Waals surface area contributed by atoms with Crippen LogP contribution in [0.4, 0.5) is 5.69 Å².